The van der Waals surface area contributed by atoms with Crippen LogP contribution in [0, 0.1) is 0 Å². The van der Waals surface area contributed by atoms with Gasteiger partial charge in [0.25, 0.3) is 0 Å². The predicted molar refractivity (Wildman–Crippen MR) is 59.2 cm³/mol. The van der Waals surface area contributed by atoms with Crippen LogP contribution in [0.2, 0.25) is 0 Å². The molecule has 0 fully saturated rings. The van der Waals surface area contributed by atoms with Gasteiger partial charge in [0.2, 0.25) is 11.8 Å². The molecule has 18 heavy (non-hydrogen) atoms. The molecule has 0 saturated carbocycles. The molecule has 0 heterocycles. The monoisotopic (exact) mass is 260 g/mol. The summed E-state index contributed by atoms with van der Waals surface area (Å²) >= 11 is 0. The molecule has 0 aliphatic rings. The Labute approximate surface area is 104 Å². The molecule has 0 aromatic heterocycles. The van der Waals surface area contributed by atoms with E-state index in [2.05, 4.69) is 20.1 Å². The summed E-state index contributed by atoms with van der Waals surface area (Å²) in [5.74, 6) is -2.84. The van der Waals surface area contributed by atoms with Crippen LogP contribution in [0.3, 0.4) is 0 Å². The number of esters is 2. The van der Waals surface area contributed by atoms with E-state index in [0.29, 0.717) is 0 Å². The summed E-state index contributed by atoms with van der Waals surface area (Å²) < 4.78 is 8.92. The largest absolute Gasteiger partial charge is 0.467 e. The van der Waals surface area contributed by atoms with Gasteiger partial charge >= 0.3 is 11.9 Å². The molecule has 0 aliphatic heterocycles. The van der Waals surface area contributed by atoms with Crippen molar-refractivity contribution in [3.05, 3.63) is 0 Å². The van der Waals surface area contributed by atoms with E-state index in [1.807, 2.05) is 0 Å². The molecule has 0 aromatic rings. The van der Waals surface area contributed by atoms with Crippen LogP contribution in [0.5, 0.6) is 0 Å². The van der Waals surface area contributed by atoms with Crippen molar-refractivity contribution in [1.82, 2.24) is 10.6 Å². The Morgan fingerprint density at radius 3 is 1.22 bits per heavy atom. The second-order valence-electron chi connectivity index (χ2n) is 3.40. The lowest BCUT2D eigenvalue weighted by atomic mass is 10.1. The zero-order valence-corrected chi connectivity index (χ0v) is 10.6. The highest BCUT2D eigenvalue weighted by Gasteiger charge is 2.36. The quantitative estimate of drug-likeness (QED) is 0.572. The zero-order chi connectivity index (χ0) is 14.3. The number of rotatable bonds is 5. The molecule has 8 heteroatoms. The van der Waals surface area contributed by atoms with Crippen LogP contribution in [0.4, 0.5) is 0 Å². The molecular weight excluding hydrogens is 244 g/mol. The van der Waals surface area contributed by atoms with Crippen LogP contribution >= 0.6 is 0 Å². The summed E-state index contributed by atoms with van der Waals surface area (Å²) in [5, 5.41) is 4.44. The van der Waals surface area contributed by atoms with E-state index in [-0.39, 0.29) is 0 Å². The first kappa shape index (κ1) is 15.9. The summed E-state index contributed by atoms with van der Waals surface area (Å²) in [7, 11) is 2.19. The standard InChI is InChI=1S/C10H16N2O6/c1-5(13)11-7(9(15)17-3)8(10(16)18-4)12-6(2)14/h7-8H,1-4H3,(H,11,13)(H,12,14)/t7-,8+. The van der Waals surface area contributed by atoms with Crippen LogP contribution in [-0.2, 0) is 28.7 Å². The Morgan fingerprint density at radius 2 is 1.06 bits per heavy atom. The number of carbonyl (C=O) groups is 4. The number of nitrogens with one attached hydrogen (secondary N) is 2. The first-order valence-electron chi connectivity index (χ1n) is 5.03. The maximum Gasteiger partial charge on any atom is 0.331 e. The molecule has 102 valence electrons. The van der Waals surface area contributed by atoms with E-state index in [4.69, 9.17) is 0 Å². The molecule has 2 N–H and O–H groups in total. The number of methoxy groups -OCH3 is 2. The Morgan fingerprint density at radius 1 is 0.778 bits per heavy atom. The van der Waals surface area contributed by atoms with Gasteiger partial charge in [-0.1, -0.05) is 0 Å². The predicted octanol–water partition coefficient (Wildman–Crippen LogP) is -1.66. The van der Waals surface area contributed by atoms with Crippen molar-refractivity contribution in [2.75, 3.05) is 14.2 Å². The summed E-state index contributed by atoms with van der Waals surface area (Å²) in [4.78, 5) is 45.0. The molecule has 0 rings (SSSR count). The van der Waals surface area contributed by atoms with Gasteiger partial charge in [0.15, 0.2) is 12.1 Å². The minimum Gasteiger partial charge on any atom is -0.467 e. The maximum absolute atomic E-state index is 11.5. The summed E-state index contributed by atoms with van der Waals surface area (Å²) in [6, 6.07) is -2.69. The lowest BCUT2D eigenvalue weighted by Gasteiger charge is -2.23. The topological polar surface area (TPSA) is 111 Å². The zero-order valence-electron chi connectivity index (χ0n) is 10.6. The molecule has 0 saturated heterocycles. The molecule has 0 aliphatic carbocycles. The van der Waals surface area contributed by atoms with Gasteiger partial charge in [-0.05, 0) is 0 Å². The lowest BCUT2D eigenvalue weighted by molar-refractivity contribution is -0.154. The van der Waals surface area contributed by atoms with Gasteiger partial charge < -0.3 is 20.1 Å². The lowest BCUT2D eigenvalue weighted by Crippen LogP contribution is -2.59. The summed E-state index contributed by atoms with van der Waals surface area (Å²) in [6.45, 7) is 2.33. The minimum atomic E-state index is -1.34. The van der Waals surface area contributed by atoms with E-state index in [1.165, 1.54) is 0 Å². The molecule has 0 radical (unpaired) electrons. The molecule has 2 atom stereocenters. The highest BCUT2D eigenvalue weighted by atomic mass is 16.5. The van der Waals surface area contributed by atoms with E-state index in [1.54, 1.807) is 0 Å². The smallest absolute Gasteiger partial charge is 0.331 e. The van der Waals surface area contributed by atoms with Gasteiger partial charge in [-0.25, -0.2) is 9.59 Å². The Kier molecular flexibility index (Phi) is 6.40. The molecular formula is C10H16N2O6. The molecule has 0 spiro atoms. The van der Waals surface area contributed by atoms with Gasteiger partial charge in [-0.2, -0.15) is 0 Å². The SMILES string of the molecule is COC(=O)[C@@H](NC(C)=O)[C@@H](NC(C)=O)C(=O)OC. The summed E-state index contributed by atoms with van der Waals surface area (Å²) in [6.07, 6.45) is 0. The summed E-state index contributed by atoms with van der Waals surface area (Å²) in [5.41, 5.74) is 0. The van der Waals surface area contributed by atoms with Crippen molar-refractivity contribution < 1.29 is 28.7 Å². The number of hydrogen-bond donors (Lipinski definition) is 2. The molecule has 2 amide bonds. The normalized spacial score (nSPS) is 12.9. The Balaban J connectivity index is 5.17. The number of ether oxygens (including phenoxy) is 2. The van der Waals surface area contributed by atoms with Crippen LogP contribution in [0.25, 0.3) is 0 Å². The van der Waals surface area contributed by atoms with Crippen LogP contribution < -0.4 is 10.6 Å². The van der Waals surface area contributed by atoms with E-state index in [0.717, 1.165) is 28.1 Å². The first-order chi connectivity index (χ1) is 8.33. The van der Waals surface area contributed by atoms with Gasteiger partial charge in [0.05, 0.1) is 14.2 Å². The van der Waals surface area contributed by atoms with Crippen molar-refractivity contribution in [3.63, 3.8) is 0 Å². The third-order valence-electron chi connectivity index (χ3n) is 1.96. The number of carbonyl (C=O) groups excluding carboxylic acids is 4. The first-order valence-corrected chi connectivity index (χ1v) is 5.03. The average molecular weight is 260 g/mol. The highest BCUT2D eigenvalue weighted by molar-refractivity contribution is 5.93. The second-order valence-corrected chi connectivity index (χ2v) is 3.40. The molecule has 0 aromatic carbocycles. The maximum atomic E-state index is 11.5. The minimum absolute atomic E-state index is 0.551. The van der Waals surface area contributed by atoms with Crippen molar-refractivity contribution in [1.29, 1.82) is 0 Å². The van der Waals surface area contributed by atoms with Crippen LogP contribution in [-0.4, -0.2) is 50.1 Å². The molecule has 0 unspecified atom stereocenters. The third kappa shape index (κ3) is 4.81. The fourth-order valence-corrected chi connectivity index (χ4v) is 1.25. The molecule has 0 bridgehead atoms. The van der Waals surface area contributed by atoms with E-state index in [9.17, 15) is 19.2 Å². The van der Waals surface area contributed by atoms with Crippen molar-refractivity contribution in [2.24, 2.45) is 0 Å². The number of amides is 2. The molecule has 8 nitrogen and oxygen atoms in total. The average Bonchev–Trinajstić information content (AvgIpc) is 2.30. The number of hydrogen-bond acceptors (Lipinski definition) is 6. The van der Waals surface area contributed by atoms with Crippen LogP contribution in [0.1, 0.15) is 13.8 Å². The Bertz CT molecular complexity index is 320. The van der Waals surface area contributed by atoms with E-state index < -0.39 is 35.8 Å². The fraction of sp³-hybridized carbons (Fsp3) is 0.600. The van der Waals surface area contributed by atoms with Gasteiger partial charge in [0, 0.05) is 13.8 Å². The van der Waals surface area contributed by atoms with Crippen molar-refractivity contribution >= 4 is 23.8 Å². The van der Waals surface area contributed by atoms with Gasteiger partial charge in [-0.3, -0.25) is 9.59 Å². The van der Waals surface area contributed by atoms with Crippen LogP contribution in [0.15, 0.2) is 0 Å². The van der Waals surface area contributed by atoms with Crippen molar-refractivity contribution in [2.45, 2.75) is 25.9 Å². The third-order valence-corrected chi connectivity index (χ3v) is 1.96. The van der Waals surface area contributed by atoms with E-state index >= 15 is 0 Å². The Hall–Kier alpha value is -2.12. The van der Waals surface area contributed by atoms with Gasteiger partial charge in [-0.15, -0.1) is 0 Å². The van der Waals surface area contributed by atoms with Crippen molar-refractivity contribution in [3.8, 4) is 0 Å². The second kappa shape index (κ2) is 7.25. The highest BCUT2D eigenvalue weighted by Crippen LogP contribution is 2.00. The fourth-order valence-electron chi connectivity index (χ4n) is 1.25. The van der Waals surface area contributed by atoms with Gasteiger partial charge in [0.1, 0.15) is 0 Å².